The predicted octanol–water partition coefficient (Wildman–Crippen LogP) is 3.95. The highest BCUT2D eigenvalue weighted by atomic mass is 16.5. The van der Waals surface area contributed by atoms with Crippen molar-refractivity contribution in [2.75, 3.05) is 41.5 Å². The first-order valence-electron chi connectivity index (χ1n) is 13.6. The molecule has 0 unspecified atom stereocenters. The van der Waals surface area contributed by atoms with Gasteiger partial charge in [0.05, 0.1) is 32.8 Å². The summed E-state index contributed by atoms with van der Waals surface area (Å²) < 4.78 is 19.2. The highest BCUT2D eigenvalue weighted by Crippen LogP contribution is 2.26. The third-order valence-corrected chi connectivity index (χ3v) is 6.93. The lowest BCUT2D eigenvalue weighted by molar-refractivity contribution is 0.132. The van der Waals surface area contributed by atoms with Crippen LogP contribution in [0.1, 0.15) is 0 Å². The molecule has 11 nitrogen and oxygen atoms in total. The van der Waals surface area contributed by atoms with Gasteiger partial charge in [-0.2, -0.15) is 0 Å². The Bertz CT molecular complexity index is 2040. The maximum Gasteiger partial charge on any atom is 0.262 e. The molecule has 2 aromatic carbocycles. The average molecular weight is 584 g/mol. The molecule has 0 aliphatic heterocycles. The van der Waals surface area contributed by atoms with Gasteiger partial charge in [0.25, 0.3) is 11.1 Å². The van der Waals surface area contributed by atoms with E-state index in [2.05, 4.69) is 14.9 Å². The van der Waals surface area contributed by atoms with Crippen molar-refractivity contribution < 1.29 is 19.3 Å². The summed E-state index contributed by atoms with van der Waals surface area (Å²) in [6, 6.07) is 17.5. The number of hydrogen-bond donors (Lipinski definition) is 1. The Balaban J connectivity index is 0.000000176. The molecule has 222 valence electrons. The molecule has 6 rings (SSSR count). The molecule has 0 aliphatic rings. The third-order valence-electron chi connectivity index (χ3n) is 6.93. The van der Waals surface area contributed by atoms with Crippen LogP contribution in [0.3, 0.4) is 0 Å². The number of phenolic OH excluding ortho intramolecular Hbond substituents is 1. The fourth-order valence-electron chi connectivity index (χ4n) is 4.93. The van der Waals surface area contributed by atoms with Gasteiger partial charge in [0, 0.05) is 43.9 Å². The Labute approximate surface area is 247 Å². The minimum absolute atomic E-state index is 0.103. The maximum absolute atomic E-state index is 12.7. The highest BCUT2D eigenvalue weighted by Gasteiger charge is 2.13. The van der Waals surface area contributed by atoms with Crippen molar-refractivity contribution in [1.82, 2.24) is 24.0 Å². The molecule has 0 saturated carbocycles. The zero-order chi connectivity index (χ0) is 30.5. The molecule has 4 heterocycles. The second-order valence-electron chi connectivity index (χ2n) is 10.1. The van der Waals surface area contributed by atoms with Crippen LogP contribution in [-0.2, 0) is 22.9 Å². The molecule has 0 aliphatic carbocycles. The van der Waals surface area contributed by atoms with E-state index in [1.807, 2.05) is 32.3 Å². The summed E-state index contributed by atoms with van der Waals surface area (Å²) >= 11 is 0. The molecule has 0 saturated heterocycles. The van der Waals surface area contributed by atoms with Crippen molar-refractivity contribution in [3.8, 4) is 11.5 Å². The standard InChI is InChI=1S/C18H21N3O3.C14H12N2O3/c1-20(2)9-10-24-13-6-7-16-15(11-13)17-14(5-4-8-19-17)18(22)21(16)12-23-3;1-19-8-16-12-5-4-9(17)7-11(12)13-10(14(16)18)3-2-6-15-13/h4-8,11H,9-10,12H2,1-3H3;2-7,17H,8H2,1H3. The van der Waals surface area contributed by atoms with Crippen LogP contribution >= 0.6 is 0 Å². The van der Waals surface area contributed by atoms with Gasteiger partial charge < -0.3 is 24.2 Å². The number of phenols is 1. The molecular weight excluding hydrogens is 550 g/mol. The summed E-state index contributed by atoms with van der Waals surface area (Å²) in [6.07, 6.45) is 3.33. The molecule has 11 heteroatoms. The van der Waals surface area contributed by atoms with Crippen molar-refractivity contribution in [2.45, 2.75) is 13.5 Å². The van der Waals surface area contributed by atoms with E-state index >= 15 is 0 Å². The number of fused-ring (bicyclic) bond motifs is 6. The Hall–Kier alpha value is -4.84. The van der Waals surface area contributed by atoms with Crippen LogP contribution in [0.4, 0.5) is 0 Å². The van der Waals surface area contributed by atoms with E-state index in [1.54, 1.807) is 66.5 Å². The zero-order valence-electron chi connectivity index (χ0n) is 24.5. The number of benzene rings is 2. The van der Waals surface area contributed by atoms with E-state index in [0.29, 0.717) is 33.9 Å². The molecule has 4 aromatic heterocycles. The zero-order valence-corrected chi connectivity index (χ0v) is 24.5. The molecule has 6 aromatic rings. The number of likely N-dealkylation sites (N-methyl/N-ethyl adjacent to an activating group) is 1. The number of aromatic nitrogens is 4. The fraction of sp³-hybridized carbons (Fsp3) is 0.250. The monoisotopic (exact) mass is 583 g/mol. The molecule has 1 N–H and O–H groups in total. The van der Waals surface area contributed by atoms with E-state index in [-0.39, 0.29) is 30.3 Å². The summed E-state index contributed by atoms with van der Waals surface area (Å²) in [5, 5.41) is 12.3. The Kier molecular flexibility index (Phi) is 8.96. The van der Waals surface area contributed by atoms with Crippen LogP contribution in [0.5, 0.6) is 11.5 Å². The lowest BCUT2D eigenvalue weighted by atomic mass is 10.1. The van der Waals surface area contributed by atoms with E-state index in [4.69, 9.17) is 14.2 Å². The molecule has 0 bridgehead atoms. The predicted molar refractivity (Wildman–Crippen MR) is 167 cm³/mol. The quantitative estimate of drug-likeness (QED) is 0.266. The van der Waals surface area contributed by atoms with Crippen molar-refractivity contribution in [3.05, 3.63) is 93.8 Å². The van der Waals surface area contributed by atoms with Gasteiger partial charge in [-0.05, 0) is 74.8 Å². The maximum atomic E-state index is 12.7. The Morgan fingerprint density at radius 1 is 0.744 bits per heavy atom. The highest BCUT2D eigenvalue weighted by molar-refractivity contribution is 6.04. The number of hydrogen-bond acceptors (Lipinski definition) is 9. The van der Waals surface area contributed by atoms with Gasteiger partial charge in [-0.15, -0.1) is 0 Å². The minimum Gasteiger partial charge on any atom is -0.508 e. The van der Waals surface area contributed by atoms with Crippen molar-refractivity contribution in [2.24, 2.45) is 0 Å². The fourth-order valence-corrected chi connectivity index (χ4v) is 4.93. The van der Waals surface area contributed by atoms with Gasteiger partial charge in [0.15, 0.2) is 0 Å². The van der Waals surface area contributed by atoms with Crippen LogP contribution in [0, 0.1) is 0 Å². The largest absolute Gasteiger partial charge is 0.508 e. The van der Waals surface area contributed by atoms with Crippen molar-refractivity contribution in [1.29, 1.82) is 0 Å². The number of nitrogens with zero attached hydrogens (tertiary/aromatic N) is 5. The summed E-state index contributed by atoms with van der Waals surface area (Å²) in [7, 11) is 7.12. The summed E-state index contributed by atoms with van der Waals surface area (Å²) in [4.78, 5) is 35.8. The first-order valence-corrected chi connectivity index (χ1v) is 13.6. The van der Waals surface area contributed by atoms with Crippen LogP contribution in [-0.4, -0.2) is 70.6 Å². The second-order valence-corrected chi connectivity index (χ2v) is 10.1. The third kappa shape index (κ3) is 6.05. The lowest BCUT2D eigenvalue weighted by Crippen LogP contribution is -2.22. The van der Waals surface area contributed by atoms with E-state index in [1.165, 1.54) is 11.7 Å². The normalized spacial score (nSPS) is 11.4. The number of pyridine rings is 4. The topological polar surface area (TPSA) is 121 Å². The molecule has 43 heavy (non-hydrogen) atoms. The second kappa shape index (κ2) is 13.0. The van der Waals surface area contributed by atoms with Gasteiger partial charge in [0.2, 0.25) is 0 Å². The molecule has 0 fully saturated rings. The summed E-state index contributed by atoms with van der Waals surface area (Å²) in [6.45, 7) is 1.79. The Morgan fingerprint density at radius 3 is 1.81 bits per heavy atom. The Morgan fingerprint density at radius 2 is 1.28 bits per heavy atom. The molecule has 0 atom stereocenters. The lowest BCUT2D eigenvalue weighted by Gasteiger charge is -2.14. The average Bonchev–Trinajstić information content (AvgIpc) is 3.01. The van der Waals surface area contributed by atoms with Gasteiger partial charge in [-0.3, -0.25) is 28.7 Å². The molecule has 0 amide bonds. The molecular formula is C32H33N5O6. The van der Waals surface area contributed by atoms with Gasteiger partial charge in [-0.1, -0.05) is 0 Å². The summed E-state index contributed by atoms with van der Waals surface area (Å²) in [5.41, 5.74) is 2.49. The van der Waals surface area contributed by atoms with E-state index in [9.17, 15) is 14.7 Å². The van der Waals surface area contributed by atoms with Gasteiger partial charge in [0.1, 0.15) is 31.6 Å². The van der Waals surface area contributed by atoms with E-state index in [0.717, 1.165) is 28.6 Å². The molecule has 0 spiro atoms. The van der Waals surface area contributed by atoms with Crippen LogP contribution in [0.25, 0.3) is 43.6 Å². The van der Waals surface area contributed by atoms with Crippen LogP contribution in [0.15, 0.2) is 82.6 Å². The number of methoxy groups -OCH3 is 2. The van der Waals surface area contributed by atoms with Crippen molar-refractivity contribution in [3.63, 3.8) is 0 Å². The first-order chi connectivity index (χ1) is 20.8. The van der Waals surface area contributed by atoms with E-state index < -0.39 is 0 Å². The molecule has 0 radical (unpaired) electrons. The van der Waals surface area contributed by atoms with Crippen LogP contribution in [0.2, 0.25) is 0 Å². The SMILES string of the molecule is COCn1c(=O)c2cccnc2c2cc(O)ccc21.COCn1c(=O)c2cccnc2c2cc(OCCN(C)C)ccc21. The van der Waals surface area contributed by atoms with Gasteiger partial charge >= 0.3 is 0 Å². The smallest absolute Gasteiger partial charge is 0.262 e. The first kappa shape index (κ1) is 29.6. The van der Waals surface area contributed by atoms with Gasteiger partial charge in [-0.25, -0.2) is 0 Å². The van der Waals surface area contributed by atoms with Crippen LogP contribution < -0.4 is 15.9 Å². The number of rotatable bonds is 8. The number of aromatic hydroxyl groups is 1. The summed E-state index contributed by atoms with van der Waals surface area (Å²) in [5.74, 6) is 0.904. The minimum atomic E-state index is -0.150. The van der Waals surface area contributed by atoms with Crippen molar-refractivity contribution >= 4 is 43.6 Å². The number of ether oxygens (including phenoxy) is 3.